The number of imidazole rings is 2. The number of H-pyrrole nitrogens is 1. The lowest BCUT2D eigenvalue weighted by molar-refractivity contribution is -0.117. The number of aromatic nitrogens is 8. The van der Waals surface area contributed by atoms with Crippen molar-refractivity contribution in [3.8, 4) is 0 Å². The summed E-state index contributed by atoms with van der Waals surface area (Å²) < 4.78 is 58.6. The third kappa shape index (κ3) is 5.01. The molecule has 4 aromatic rings. The summed E-state index contributed by atoms with van der Waals surface area (Å²) >= 11 is 0. The van der Waals surface area contributed by atoms with Crippen molar-refractivity contribution in [3.63, 3.8) is 0 Å². The zero-order chi connectivity index (χ0) is 31.6. The van der Waals surface area contributed by atoms with Crippen LogP contribution in [0.3, 0.4) is 0 Å². The van der Waals surface area contributed by atoms with Gasteiger partial charge < -0.3 is 40.8 Å². The zero-order valence-electron chi connectivity index (χ0n) is 23.0. The lowest BCUT2D eigenvalue weighted by atomic mass is 9.98. The number of rotatable bonds is 9. The number of aromatic amines is 1. The van der Waals surface area contributed by atoms with E-state index in [1.54, 1.807) is 0 Å². The Morgan fingerprint density at radius 1 is 1.14 bits per heavy atom. The molecule has 0 amide bonds. The van der Waals surface area contributed by atoms with Gasteiger partial charge in [-0.1, -0.05) is 0 Å². The number of nitrogens with one attached hydrogen (secondary N) is 1. The first kappa shape index (κ1) is 30.4. The van der Waals surface area contributed by atoms with E-state index in [9.17, 15) is 24.5 Å². The molecule has 2 aliphatic rings. The average Bonchev–Trinajstić information content (AvgIpc) is 3.72. The van der Waals surface area contributed by atoms with Crippen molar-refractivity contribution in [2.24, 2.45) is 0 Å². The van der Waals surface area contributed by atoms with Crippen LogP contribution in [-0.4, -0.2) is 111 Å². The van der Waals surface area contributed by atoms with Crippen LogP contribution in [0, 0.1) is 0 Å². The minimum absolute atomic E-state index is 0.115. The molecule has 9 atom stereocenters. The van der Waals surface area contributed by atoms with E-state index in [4.69, 9.17) is 34.7 Å². The standard InChI is InChI=1S/C22H28FN10O10P/c1-22(14(35)13(39-2)20(42-22)32-6-28-10-15(24)26-5-27-16(10)32)4-40-44(37,38)43-12-9(23)8(3-34)41-19(12)33-7-29-11-17(33)30-21(25)31-18(11)36/h5-9,12-14,19-20,34-35H,3-4H2,1-2H3,(H,37,38)(H2,24,26,27)(H3,25,30,31,36)/t8-,9-,12-,13-,14+,19-,20-,22-/m1/s1. The molecule has 0 aliphatic carbocycles. The number of anilines is 2. The number of aliphatic hydroxyl groups excluding tert-OH is 2. The maximum atomic E-state index is 15.4. The Morgan fingerprint density at radius 2 is 1.84 bits per heavy atom. The molecule has 20 nitrogen and oxygen atoms in total. The predicted octanol–water partition coefficient (Wildman–Crippen LogP) is -1.48. The van der Waals surface area contributed by atoms with E-state index in [0.717, 1.165) is 10.9 Å². The quantitative estimate of drug-likeness (QED) is 0.113. The number of hydrogen-bond acceptors (Lipinski definition) is 16. The second kappa shape index (κ2) is 11.1. The first-order valence-electron chi connectivity index (χ1n) is 13.0. The number of phosphoric acid groups is 1. The summed E-state index contributed by atoms with van der Waals surface area (Å²) in [5.74, 6) is -0.161. The van der Waals surface area contributed by atoms with E-state index < -0.39 is 75.2 Å². The summed E-state index contributed by atoms with van der Waals surface area (Å²) in [5.41, 5.74) is 9.40. The largest absolute Gasteiger partial charge is 0.472 e. The number of nitrogens with zero attached hydrogens (tertiary/aromatic N) is 7. The molecule has 6 rings (SSSR count). The highest BCUT2D eigenvalue weighted by Crippen LogP contribution is 2.51. The summed E-state index contributed by atoms with van der Waals surface area (Å²) in [5, 5.41) is 20.7. The number of fused-ring (bicyclic) bond motifs is 2. The Labute approximate surface area is 245 Å². The van der Waals surface area contributed by atoms with Crippen molar-refractivity contribution < 1.29 is 47.3 Å². The van der Waals surface area contributed by atoms with Crippen molar-refractivity contribution in [3.05, 3.63) is 29.3 Å². The molecule has 22 heteroatoms. The number of hydrogen-bond donors (Lipinski definition) is 6. The van der Waals surface area contributed by atoms with Gasteiger partial charge in [-0.05, 0) is 6.92 Å². The van der Waals surface area contributed by atoms with Crippen molar-refractivity contribution in [2.75, 3.05) is 31.8 Å². The number of alkyl halides is 1. The minimum Gasteiger partial charge on any atom is -0.394 e. The van der Waals surface area contributed by atoms with Gasteiger partial charge >= 0.3 is 7.82 Å². The molecule has 1 unspecified atom stereocenters. The Morgan fingerprint density at radius 3 is 2.55 bits per heavy atom. The average molecular weight is 642 g/mol. The van der Waals surface area contributed by atoms with E-state index in [-0.39, 0.29) is 34.1 Å². The zero-order valence-corrected chi connectivity index (χ0v) is 23.9. The van der Waals surface area contributed by atoms with Crippen molar-refractivity contribution in [1.82, 2.24) is 39.0 Å². The van der Waals surface area contributed by atoms with Crippen LogP contribution in [0.25, 0.3) is 22.3 Å². The van der Waals surface area contributed by atoms with Crippen LogP contribution in [-0.2, 0) is 27.8 Å². The molecule has 8 N–H and O–H groups in total. The normalized spacial score (nSPS) is 32.1. The highest BCUT2D eigenvalue weighted by atomic mass is 31.2. The Balaban J connectivity index is 1.23. The number of methoxy groups -OCH3 is 1. The van der Waals surface area contributed by atoms with Crippen LogP contribution in [0.1, 0.15) is 19.4 Å². The van der Waals surface area contributed by atoms with Gasteiger partial charge in [0, 0.05) is 7.11 Å². The van der Waals surface area contributed by atoms with Gasteiger partial charge in [-0.3, -0.25) is 28.0 Å². The summed E-state index contributed by atoms with van der Waals surface area (Å²) in [6.07, 6.45) is -6.82. The fourth-order valence-electron chi connectivity index (χ4n) is 5.25. The van der Waals surface area contributed by atoms with E-state index in [0.29, 0.717) is 0 Å². The van der Waals surface area contributed by atoms with Gasteiger partial charge in [0.1, 0.15) is 41.9 Å². The van der Waals surface area contributed by atoms with Crippen LogP contribution in [0.2, 0.25) is 0 Å². The molecule has 2 aliphatic heterocycles. The summed E-state index contributed by atoms with van der Waals surface area (Å²) in [4.78, 5) is 45.3. The number of nitrogen functional groups attached to an aromatic ring is 2. The number of ether oxygens (including phenoxy) is 3. The second-order valence-electron chi connectivity index (χ2n) is 10.3. The molecular formula is C22H28FN10O10P. The molecule has 6 heterocycles. The Hall–Kier alpha value is -3.66. The van der Waals surface area contributed by atoms with Gasteiger partial charge in [-0.2, -0.15) is 4.98 Å². The smallest absolute Gasteiger partial charge is 0.394 e. The van der Waals surface area contributed by atoms with Crippen LogP contribution < -0.4 is 17.0 Å². The first-order valence-corrected chi connectivity index (χ1v) is 14.5. The SMILES string of the molecule is CO[C@H]1[C@H](n2cnc3c(N)ncnc32)O[C@](C)(COP(=O)(O)O[C@@H]2[C@H](F)[C@@H](CO)O[C@H]2n2cnc3c(=O)[nH]c(N)nc32)[C@H]1O. The number of phosphoric ester groups is 1. The molecular weight excluding hydrogens is 614 g/mol. The molecule has 2 fully saturated rings. The van der Waals surface area contributed by atoms with Gasteiger partial charge in [-0.15, -0.1) is 0 Å². The molecule has 0 spiro atoms. The van der Waals surface area contributed by atoms with Crippen LogP contribution in [0.5, 0.6) is 0 Å². The molecule has 2 saturated heterocycles. The van der Waals surface area contributed by atoms with Crippen LogP contribution in [0.15, 0.2) is 23.8 Å². The van der Waals surface area contributed by atoms with Gasteiger partial charge in [0.25, 0.3) is 5.56 Å². The molecule has 4 aromatic heterocycles. The second-order valence-corrected chi connectivity index (χ2v) is 11.7. The summed E-state index contributed by atoms with van der Waals surface area (Å²) in [6.45, 7) is -0.144. The first-order chi connectivity index (χ1) is 20.9. The molecule has 0 aromatic carbocycles. The Kier molecular flexibility index (Phi) is 7.63. The van der Waals surface area contributed by atoms with Crippen LogP contribution >= 0.6 is 7.82 Å². The summed E-state index contributed by atoms with van der Waals surface area (Å²) in [7, 11) is -3.82. The van der Waals surface area contributed by atoms with Gasteiger partial charge in [0.15, 0.2) is 41.3 Å². The third-order valence-corrected chi connectivity index (χ3v) is 8.44. The van der Waals surface area contributed by atoms with Crippen molar-refractivity contribution in [2.45, 2.75) is 55.6 Å². The summed E-state index contributed by atoms with van der Waals surface area (Å²) in [6, 6.07) is 0. The van der Waals surface area contributed by atoms with E-state index in [2.05, 4.69) is 29.9 Å². The van der Waals surface area contributed by atoms with Gasteiger partial charge in [0.2, 0.25) is 5.95 Å². The van der Waals surface area contributed by atoms with Crippen molar-refractivity contribution in [1.29, 1.82) is 0 Å². The molecule has 0 bridgehead atoms. The monoisotopic (exact) mass is 642 g/mol. The van der Waals surface area contributed by atoms with Crippen molar-refractivity contribution >= 4 is 41.9 Å². The highest BCUT2D eigenvalue weighted by molar-refractivity contribution is 7.47. The van der Waals surface area contributed by atoms with E-state index in [1.807, 2.05) is 0 Å². The minimum atomic E-state index is -5.15. The molecule has 44 heavy (non-hydrogen) atoms. The van der Waals surface area contributed by atoms with Gasteiger partial charge in [0.05, 0.1) is 25.9 Å². The maximum Gasteiger partial charge on any atom is 0.472 e. The molecule has 238 valence electrons. The molecule has 0 saturated carbocycles. The predicted molar refractivity (Wildman–Crippen MR) is 144 cm³/mol. The maximum absolute atomic E-state index is 15.4. The highest BCUT2D eigenvalue weighted by Gasteiger charge is 2.55. The fraction of sp³-hybridized carbons (Fsp3) is 0.545. The number of nitrogens with two attached hydrogens (primary N) is 2. The Bertz CT molecular complexity index is 1800. The molecule has 0 radical (unpaired) electrons. The van der Waals surface area contributed by atoms with E-state index in [1.165, 1.54) is 31.3 Å². The third-order valence-electron chi connectivity index (χ3n) is 7.48. The number of aliphatic hydroxyl groups is 2. The lowest BCUT2D eigenvalue weighted by Gasteiger charge is -2.29. The lowest BCUT2D eigenvalue weighted by Crippen LogP contribution is -2.44. The number of halogens is 1. The topological polar surface area (TPSA) is 283 Å². The van der Waals surface area contributed by atoms with E-state index >= 15 is 4.39 Å². The fourth-order valence-corrected chi connectivity index (χ4v) is 6.26. The van der Waals surface area contributed by atoms with Crippen LogP contribution in [0.4, 0.5) is 16.2 Å². The van der Waals surface area contributed by atoms with Gasteiger partial charge in [-0.25, -0.2) is 28.9 Å².